The van der Waals surface area contributed by atoms with Gasteiger partial charge in [0.25, 0.3) is 0 Å². The normalized spacial score (nSPS) is 18.8. The molecular weight excluding hydrogens is 260 g/mol. The molecular formula is C14H18N2O4. The van der Waals surface area contributed by atoms with Crippen LogP contribution in [0, 0.1) is 0 Å². The maximum atomic E-state index is 11.9. The molecule has 1 aliphatic heterocycles. The lowest BCUT2D eigenvalue weighted by atomic mass is 10.1. The molecule has 0 radical (unpaired) electrons. The molecule has 1 aromatic carbocycles. The quantitative estimate of drug-likeness (QED) is 0.873. The number of piperazine rings is 1. The Labute approximate surface area is 117 Å². The average molecular weight is 278 g/mol. The van der Waals surface area contributed by atoms with Crippen LogP contribution in [0.5, 0.6) is 11.5 Å². The minimum Gasteiger partial charge on any atom is -0.493 e. The van der Waals surface area contributed by atoms with Gasteiger partial charge in [0.15, 0.2) is 11.5 Å². The van der Waals surface area contributed by atoms with Crippen LogP contribution >= 0.6 is 0 Å². The Bertz CT molecular complexity index is 530. The third-order valence-electron chi connectivity index (χ3n) is 3.38. The molecule has 6 heteroatoms. The van der Waals surface area contributed by atoms with Crippen molar-refractivity contribution >= 4 is 11.8 Å². The molecule has 1 fully saturated rings. The summed E-state index contributed by atoms with van der Waals surface area (Å²) in [5.74, 6) is 1.01. The lowest BCUT2D eigenvalue weighted by Crippen LogP contribution is -2.56. The van der Waals surface area contributed by atoms with Crippen molar-refractivity contribution in [1.82, 2.24) is 10.2 Å². The maximum absolute atomic E-state index is 11.9. The minimum atomic E-state index is -0.468. The van der Waals surface area contributed by atoms with E-state index >= 15 is 0 Å². The molecule has 0 bridgehead atoms. The summed E-state index contributed by atoms with van der Waals surface area (Å²) in [6.07, 6.45) is 0. The highest BCUT2D eigenvalue weighted by molar-refractivity contribution is 5.94. The molecule has 1 N–H and O–H groups in total. The molecule has 1 heterocycles. The van der Waals surface area contributed by atoms with Gasteiger partial charge < -0.3 is 19.7 Å². The van der Waals surface area contributed by atoms with E-state index in [1.54, 1.807) is 32.1 Å². The second kappa shape index (κ2) is 5.81. The molecule has 2 rings (SSSR count). The number of benzene rings is 1. The number of amides is 2. The molecule has 0 aliphatic carbocycles. The van der Waals surface area contributed by atoms with Crippen molar-refractivity contribution in [2.45, 2.75) is 19.5 Å². The Morgan fingerprint density at radius 2 is 1.95 bits per heavy atom. The Morgan fingerprint density at radius 1 is 1.25 bits per heavy atom. The Kier molecular flexibility index (Phi) is 4.12. The molecule has 2 amide bonds. The van der Waals surface area contributed by atoms with Gasteiger partial charge in [-0.1, -0.05) is 6.07 Å². The number of nitrogens with one attached hydrogen (secondary N) is 1. The number of carbonyl (C=O) groups excluding carboxylic acids is 2. The third-order valence-corrected chi connectivity index (χ3v) is 3.38. The molecule has 1 atom stereocenters. The number of methoxy groups -OCH3 is 2. The molecule has 1 aromatic rings. The van der Waals surface area contributed by atoms with Crippen molar-refractivity contribution in [1.29, 1.82) is 0 Å². The van der Waals surface area contributed by atoms with Crippen molar-refractivity contribution < 1.29 is 19.1 Å². The first-order chi connectivity index (χ1) is 9.56. The predicted molar refractivity (Wildman–Crippen MR) is 72.6 cm³/mol. The Morgan fingerprint density at radius 3 is 2.60 bits per heavy atom. The molecule has 0 aromatic heterocycles. The first-order valence-corrected chi connectivity index (χ1v) is 6.35. The molecule has 1 unspecified atom stereocenters. The van der Waals surface area contributed by atoms with E-state index in [9.17, 15) is 9.59 Å². The van der Waals surface area contributed by atoms with E-state index in [-0.39, 0.29) is 18.4 Å². The lowest BCUT2D eigenvalue weighted by molar-refractivity contribution is -0.145. The number of ether oxygens (including phenoxy) is 2. The fraction of sp³-hybridized carbons (Fsp3) is 0.429. The van der Waals surface area contributed by atoms with Crippen LogP contribution in [0.3, 0.4) is 0 Å². The van der Waals surface area contributed by atoms with Gasteiger partial charge in [-0.2, -0.15) is 0 Å². The first kappa shape index (κ1) is 14.2. The third kappa shape index (κ3) is 2.68. The zero-order valence-electron chi connectivity index (χ0n) is 11.8. The van der Waals surface area contributed by atoms with Crippen LogP contribution < -0.4 is 14.8 Å². The Hall–Kier alpha value is -2.24. The Balaban J connectivity index is 2.20. The summed E-state index contributed by atoms with van der Waals surface area (Å²) < 4.78 is 10.4. The van der Waals surface area contributed by atoms with Crippen molar-refractivity contribution in [3.8, 4) is 11.5 Å². The highest BCUT2D eigenvalue weighted by Crippen LogP contribution is 2.28. The summed E-state index contributed by atoms with van der Waals surface area (Å²) in [4.78, 5) is 25.1. The SMILES string of the molecule is COc1ccc(CN2C(=O)CNC(=O)C2C)cc1OC. The van der Waals surface area contributed by atoms with Crippen LogP contribution in [0.1, 0.15) is 12.5 Å². The van der Waals surface area contributed by atoms with E-state index in [4.69, 9.17) is 9.47 Å². The van der Waals surface area contributed by atoms with Gasteiger partial charge in [-0.15, -0.1) is 0 Å². The van der Waals surface area contributed by atoms with Crippen molar-refractivity contribution in [2.75, 3.05) is 20.8 Å². The smallest absolute Gasteiger partial charge is 0.242 e. The van der Waals surface area contributed by atoms with E-state index in [1.807, 2.05) is 12.1 Å². The van der Waals surface area contributed by atoms with E-state index < -0.39 is 6.04 Å². The van der Waals surface area contributed by atoms with Gasteiger partial charge in [-0.3, -0.25) is 9.59 Å². The molecule has 6 nitrogen and oxygen atoms in total. The van der Waals surface area contributed by atoms with Crippen molar-refractivity contribution in [3.05, 3.63) is 23.8 Å². The van der Waals surface area contributed by atoms with Gasteiger partial charge in [0.2, 0.25) is 11.8 Å². The highest BCUT2D eigenvalue weighted by atomic mass is 16.5. The molecule has 0 saturated carbocycles. The molecule has 20 heavy (non-hydrogen) atoms. The van der Waals surface area contributed by atoms with E-state index in [0.717, 1.165) is 5.56 Å². The topological polar surface area (TPSA) is 67.9 Å². The average Bonchev–Trinajstić information content (AvgIpc) is 2.47. The highest BCUT2D eigenvalue weighted by Gasteiger charge is 2.30. The van der Waals surface area contributed by atoms with Gasteiger partial charge in [0.05, 0.1) is 20.8 Å². The first-order valence-electron chi connectivity index (χ1n) is 6.35. The zero-order valence-corrected chi connectivity index (χ0v) is 11.8. The zero-order chi connectivity index (χ0) is 14.7. The largest absolute Gasteiger partial charge is 0.493 e. The van der Waals surface area contributed by atoms with Crippen molar-refractivity contribution in [3.63, 3.8) is 0 Å². The van der Waals surface area contributed by atoms with Gasteiger partial charge in [0.1, 0.15) is 6.04 Å². The van der Waals surface area contributed by atoms with Gasteiger partial charge in [-0.25, -0.2) is 0 Å². The van der Waals surface area contributed by atoms with Crippen LogP contribution in [0.4, 0.5) is 0 Å². The number of hydrogen-bond acceptors (Lipinski definition) is 4. The second-order valence-electron chi connectivity index (χ2n) is 4.60. The summed E-state index contributed by atoms with van der Waals surface area (Å²) >= 11 is 0. The number of hydrogen-bond donors (Lipinski definition) is 1. The van der Waals surface area contributed by atoms with E-state index in [1.165, 1.54) is 0 Å². The van der Waals surface area contributed by atoms with Gasteiger partial charge >= 0.3 is 0 Å². The second-order valence-corrected chi connectivity index (χ2v) is 4.60. The maximum Gasteiger partial charge on any atom is 0.242 e. The van der Waals surface area contributed by atoms with Crippen LogP contribution in [0.2, 0.25) is 0 Å². The lowest BCUT2D eigenvalue weighted by Gasteiger charge is -2.32. The fourth-order valence-corrected chi connectivity index (χ4v) is 2.17. The minimum absolute atomic E-state index is 0.0520. The van der Waals surface area contributed by atoms with E-state index in [2.05, 4.69) is 5.32 Å². The van der Waals surface area contributed by atoms with Crippen molar-refractivity contribution in [2.24, 2.45) is 0 Å². The molecule has 1 saturated heterocycles. The number of rotatable bonds is 4. The molecule has 1 aliphatic rings. The monoisotopic (exact) mass is 278 g/mol. The standard InChI is InChI=1S/C14H18N2O4/c1-9-14(18)15-7-13(17)16(9)8-10-4-5-11(19-2)12(6-10)20-3/h4-6,9H,7-8H2,1-3H3,(H,15,18). The number of carbonyl (C=O) groups is 2. The number of nitrogens with zero attached hydrogens (tertiary/aromatic N) is 1. The summed E-state index contributed by atoms with van der Waals surface area (Å²) in [7, 11) is 3.13. The summed E-state index contributed by atoms with van der Waals surface area (Å²) in [6.45, 7) is 2.14. The summed E-state index contributed by atoms with van der Waals surface area (Å²) in [5.41, 5.74) is 0.887. The van der Waals surface area contributed by atoms with Gasteiger partial charge in [0, 0.05) is 6.54 Å². The fourth-order valence-electron chi connectivity index (χ4n) is 2.17. The van der Waals surface area contributed by atoms with Crippen LogP contribution in [0.25, 0.3) is 0 Å². The summed E-state index contributed by atoms with van der Waals surface area (Å²) in [6, 6.07) is 4.98. The van der Waals surface area contributed by atoms with Crippen LogP contribution in [-0.2, 0) is 16.1 Å². The predicted octanol–water partition coefficient (Wildman–Crippen LogP) is 0.551. The van der Waals surface area contributed by atoms with Crippen LogP contribution in [-0.4, -0.2) is 43.5 Å². The summed E-state index contributed by atoms with van der Waals surface area (Å²) in [5, 5.41) is 2.56. The van der Waals surface area contributed by atoms with E-state index in [0.29, 0.717) is 18.0 Å². The molecule has 0 spiro atoms. The van der Waals surface area contributed by atoms with Gasteiger partial charge in [-0.05, 0) is 24.6 Å². The van der Waals surface area contributed by atoms with Crippen LogP contribution in [0.15, 0.2) is 18.2 Å². The molecule has 108 valence electrons.